The molecule has 0 saturated carbocycles. The summed E-state index contributed by atoms with van der Waals surface area (Å²) in [5.41, 5.74) is 13.9. The monoisotopic (exact) mass is 1430 g/mol. The average Bonchev–Trinajstić information content (AvgIpc) is 1.76. The molecule has 103 heavy (non-hydrogen) atoms. The minimum atomic E-state index is -1.74. The fraction of sp³-hybridized carbons (Fsp3) is 0.507. The van der Waals surface area contributed by atoms with Gasteiger partial charge in [-0.2, -0.15) is 0 Å². The SMILES string of the molecule is CC(C)C[C@H](NC(=O)[C@@H](CCCCNC(=O)OCc1ccccc1)NC(=O)[C@@H](CC(C)C)NC(=O)[C@@H](NC(=O)[C@@H](NC(=O)[C@@H]1CCCN1C(=O)[C@H](CO)NC(=O)OCc1ccccc1)C(C)C)[C@@H](C)O)C(=O)N[C@@H](CCCN=C(N)N)C(=O)N[C@@H](Cc1ccc(O)cc1)C(=O)OCc1ccccc1. The molecule has 1 saturated heterocycles. The van der Waals surface area contributed by atoms with Gasteiger partial charge in [-0.1, -0.05) is 145 Å². The largest absolute Gasteiger partial charge is 0.508 e. The van der Waals surface area contributed by atoms with Crippen LogP contribution in [0.15, 0.2) is 120 Å². The number of esters is 1. The molecule has 0 spiro atoms. The molecule has 1 fully saturated rings. The molecule has 4 aromatic rings. The number of phenols is 1. The van der Waals surface area contributed by atoms with Crippen LogP contribution in [0.2, 0.25) is 0 Å². The van der Waals surface area contributed by atoms with Crippen molar-refractivity contribution in [3.05, 3.63) is 138 Å². The van der Waals surface area contributed by atoms with Gasteiger partial charge in [0, 0.05) is 26.1 Å². The summed E-state index contributed by atoms with van der Waals surface area (Å²) in [6.45, 7) is 10.7. The molecule has 1 aliphatic rings. The van der Waals surface area contributed by atoms with Crippen molar-refractivity contribution >= 4 is 71.4 Å². The van der Waals surface area contributed by atoms with Gasteiger partial charge in [0.25, 0.3) is 0 Å². The van der Waals surface area contributed by atoms with E-state index in [9.17, 15) is 68.1 Å². The molecule has 5 rings (SSSR count). The number of benzene rings is 4. The zero-order valence-electron chi connectivity index (χ0n) is 59.6. The molecule has 10 amide bonds. The molecule has 0 aromatic heterocycles. The van der Waals surface area contributed by atoms with E-state index in [4.69, 9.17) is 25.7 Å². The van der Waals surface area contributed by atoms with Crippen molar-refractivity contribution in [1.29, 1.82) is 0 Å². The number of nitrogens with zero attached hydrogens (tertiary/aromatic N) is 2. The molecule has 562 valence electrons. The first kappa shape index (κ1) is 83.3. The van der Waals surface area contributed by atoms with Crippen molar-refractivity contribution in [3.8, 4) is 5.75 Å². The number of nitrogens with two attached hydrogens (primary N) is 2. The maximum atomic E-state index is 14.9. The summed E-state index contributed by atoms with van der Waals surface area (Å²) in [6.07, 6.45) is -2.48. The molecule has 4 aromatic carbocycles. The van der Waals surface area contributed by atoms with E-state index < -0.39 is 138 Å². The number of aliphatic hydroxyl groups is 2. The number of phenolic OH excluding ortho intramolecular Hbond substituents is 1. The first-order valence-electron chi connectivity index (χ1n) is 34.8. The zero-order chi connectivity index (χ0) is 75.5. The van der Waals surface area contributed by atoms with E-state index >= 15 is 0 Å². The number of aliphatic imine (C=N–C) groups is 1. The van der Waals surface area contributed by atoms with E-state index in [1.54, 1.807) is 139 Å². The second-order valence-electron chi connectivity index (χ2n) is 26.5. The Balaban J connectivity index is 1.35. The molecule has 0 bridgehead atoms. The van der Waals surface area contributed by atoms with Gasteiger partial charge in [-0.05, 0) is 117 Å². The molecule has 1 aliphatic heterocycles. The highest BCUT2D eigenvalue weighted by atomic mass is 16.6. The second kappa shape index (κ2) is 43.4. The third-order valence-corrected chi connectivity index (χ3v) is 16.6. The van der Waals surface area contributed by atoms with Gasteiger partial charge in [-0.3, -0.25) is 43.3 Å². The molecule has 30 nitrogen and oxygen atoms in total. The first-order chi connectivity index (χ1) is 49.1. The summed E-state index contributed by atoms with van der Waals surface area (Å²) < 4.78 is 16.2. The number of hydrogen-bond donors (Lipinski definition) is 14. The maximum absolute atomic E-state index is 14.9. The van der Waals surface area contributed by atoms with E-state index in [1.165, 1.54) is 24.0 Å². The Hall–Kier alpha value is -10.4. The number of ether oxygens (including phenoxy) is 3. The van der Waals surface area contributed by atoms with Crippen LogP contribution in [0.1, 0.15) is 129 Å². The Labute approximate surface area is 600 Å². The van der Waals surface area contributed by atoms with Crippen LogP contribution in [0.5, 0.6) is 5.75 Å². The summed E-state index contributed by atoms with van der Waals surface area (Å²) in [5.74, 6) is -9.09. The Bertz CT molecular complexity index is 3420. The van der Waals surface area contributed by atoms with Crippen LogP contribution < -0.4 is 59.3 Å². The highest BCUT2D eigenvalue weighted by Gasteiger charge is 2.41. The Morgan fingerprint density at radius 1 is 0.515 bits per heavy atom. The van der Waals surface area contributed by atoms with Crippen molar-refractivity contribution in [3.63, 3.8) is 0 Å². The summed E-state index contributed by atoms with van der Waals surface area (Å²) >= 11 is 0. The molecule has 0 aliphatic carbocycles. The van der Waals surface area contributed by atoms with E-state index in [-0.39, 0.29) is 121 Å². The molecule has 1 heterocycles. The van der Waals surface area contributed by atoms with Gasteiger partial charge in [0.1, 0.15) is 79.9 Å². The Morgan fingerprint density at radius 2 is 0.981 bits per heavy atom. The van der Waals surface area contributed by atoms with Crippen LogP contribution >= 0.6 is 0 Å². The number of aromatic hydroxyl groups is 1. The normalized spacial score (nSPS) is 15.2. The van der Waals surface area contributed by atoms with Crippen LogP contribution in [0.4, 0.5) is 9.59 Å². The Kier molecular flexibility index (Phi) is 35.1. The fourth-order valence-corrected chi connectivity index (χ4v) is 11.2. The number of guanidine groups is 1. The number of alkyl carbamates (subject to hydrolysis) is 2. The van der Waals surface area contributed by atoms with Gasteiger partial charge >= 0.3 is 18.2 Å². The van der Waals surface area contributed by atoms with Crippen LogP contribution in [0.25, 0.3) is 0 Å². The lowest BCUT2D eigenvalue weighted by Crippen LogP contribution is -2.62. The van der Waals surface area contributed by atoms with Crippen LogP contribution in [0.3, 0.4) is 0 Å². The number of hydrogen-bond acceptors (Lipinski definition) is 18. The lowest BCUT2D eigenvalue weighted by molar-refractivity contribution is -0.149. The van der Waals surface area contributed by atoms with Gasteiger partial charge in [-0.25, -0.2) is 14.4 Å². The lowest BCUT2D eigenvalue weighted by atomic mass is 9.99. The van der Waals surface area contributed by atoms with E-state index in [2.05, 4.69) is 52.8 Å². The van der Waals surface area contributed by atoms with E-state index in [1.807, 2.05) is 6.07 Å². The number of aliphatic hydroxyl groups excluding tert-OH is 2. The third kappa shape index (κ3) is 29.6. The number of carbonyl (C=O) groups excluding carboxylic acids is 11. The van der Waals surface area contributed by atoms with Crippen molar-refractivity contribution in [2.24, 2.45) is 34.2 Å². The molecule has 0 radical (unpaired) electrons. The predicted octanol–water partition coefficient (Wildman–Crippen LogP) is 2.63. The molecule has 10 atom stereocenters. The number of carbonyl (C=O) groups is 11. The van der Waals surface area contributed by atoms with Gasteiger partial charge in [-0.15, -0.1) is 0 Å². The third-order valence-electron chi connectivity index (χ3n) is 16.6. The minimum Gasteiger partial charge on any atom is -0.508 e. The quantitative estimate of drug-likeness (QED) is 0.00998. The highest BCUT2D eigenvalue weighted by Crippen LogP contribution is 2.21. The first-order valence-corrected chi connectivity index (χ1v) is 34.8. The van der Waals surface area contributed by atoms with Crippen molar-refractivity contribution in [2.45, 2.75) is 193 Å². The smallest absolute Gasteiger partial charge is 0.408 e. The predicted molar refractivity (Wildman–Crippen MR) is 381 cm³/mol. The lowest BCUT2D eigenvalue weighted by Gasteiger charge is -2.31. The fourth-order valence-electron chi connectivity index (χ4n) is 11.2. The average molecular weight is 1430 g/mol. The second-order valence-corrected chi connectivity index (χ2v) is 26.5. The summed E-state index contributed by atoms with van der Waals surface area (Å²) in [7, 11) is 0. The minimum absolute atomic E-state index is 0.00174. The number of likely N-dealkylation sites (tertiary alicyclic amines) is 1. The molecule has 0 unspecified atom stereocenters. The van der Waals surface area contributed by atoms with Crippen LogP contribution in [-0.4, -0.2) is 178 Å². The topological polar surface area (TPSA) is 452 Å². The zero-order valence-corrected chi connectivity index (χ0v) is 59.6. The van der Waals surface area contributed by atoms with Gasteiger partial charge in [0.2, 0.25) is 47.3 Å². The standard InChI is InChI=1S/C73H103N13O17/c1-44(2)37-55(64(92)79-54(28-19-35-76-71(74)75)63(91)82-57(39-48-30-32-52(89)33-31-48)70(98)101-41-49-21-11-8-12-22-49)80-62(90)53(27-17-18-34-77-72(99)102-42-50-23-13-9-14-24-50)78-65(93)56(38-45(3)4)81-68(96)61(47(7)88)85-67(95)60(46(5)6)84-66(94)59-29-20-36-86(59)69(97)58(40-87)83-73(100)103-43-51-25-15-10-16-26-51/h8-16,21-26,30-33,44-47,53-61,87-89H,17-20,27-29,34-43H2,1-7H3,(H,77,99)(H,78,93)(H,79,92)(H,80,90)(H,81,96)(H,82,91)(H,83,100)(H,84,94)(H,85,95)(H4,74,75,76)/t47-,53-,54+,55+,56-,57+,58+,59+,60+,61+/m1/s1. The van der Waals surface area contributed by atoms with Gasteiger partial charge in [0.15, 0.2) is 5.96 Å². The van der Waals surface area contributed by atoms with Gasteiger partial charge < -0.3 is 93.7 Å². The highest BCUT2D eigenvalue weighted by molar-refractivity contribution is 5.99. The number of rotatable bonds is 41. The number of amides is 10. The maximum Gasteiger partial charge on any atom is 0.408 e. The summed E-state index contributed by atoms with van der Waals surface area (Å²) in [6, 6.07) is 20.0. The van der Waals surface area contributed by atoms with Gasteiger partial charge in [0.05, 0.1) is 12.7 Å². The van der Waals surface area contributed by atoms with Crippen LogP contribution in [-0.2, 0) is 83.6 Å². The van der Waals surface area contributed by atoms with Crippen LogP contribution in [0, 0.1) is 17.8 Å². The van der Waals surface area contributed by atoms with Crippen molar-refractivity contribution in [2.75, 3.05) is 26.2 Å². The Morgan fingerprint density at radius 3 is 1.48 bits per heavy atom. The molecule has 30 heteroatoms. The molecule has 16 N–H and O–H groups in total. The van der Waals surface area contributed by atoms with Crippen molar-refractivity contribution in [1.82, 2.24) is 52.8 Å². The number of nitrogens with one attached hydrogen (secondary N) is 9. The molecular weight excluding hydrogens is 1330 g/mol. The number of unbranched alkanes of at least 4 members (excludes halogenated alkanes) is 1. The summed E-state index contributed by atoms with van der Waals surface area (Å²) in [4.78, 5) is 160. The van der Waals surface area contributed by atoms with E-state index in [0.29, 0.717) is 23.1 Å². The van der Waals surface area contributed by atoms with Crippen molar-refractivity contribution < 1.29 is 82.3 Å². The molecular formula is C73H103N13O17. The van der Waals surface area contributed by atoms with E-state index in [0.717, 1.165) is 5.56 Å². The summed E-state index contributed by atoms with van der Waals surface area (Å²) in [5, 5.41) is 55.1.